The van der Waals surface area contributed by atoms with E-state index in [9.17, 15) is 9.18 Å². The third-order valence-electron chi connectivity index (χ3n) is 3.94. The quantitative estimate of drug-likeness (QED) is 0.816. The van der Waals surface area contributed by atoms with E-state index in [4.69, 9.17) is 24.1 Å². The minimum atomic E-state index is -0.962. The second kappa shape index (κ2) is 7.95. The second-order valence-electron chi connectivity index (χ2n) is 5.82. The minimum absolute atomic E-state index is 0.118. The van der Waals surface area contributed by atoms with Crippen LogP contribution in [0.3, 0.4) is 0 Å². The molecular formula is C19H19FO6. The third-order valence-corrected chi connectivity index (χ3v) is 3.94. The van der Waals surface area contributed by atoms with Crippen molar-refractivity contribution in [1.29, 1.82) is 0 Å². The molecule has 6 nitrogen and oxygen atoms in total. The lowest BCUT2D eigenvalue weighted by atomic mass is 10.1. The maximum Gasteiger partial charge on any atom is 0.303 e. The third kappa shape index (κ3) is 4.36. The van der Waals surface area contributed by atoms with Crippen molar-refractivity contribution in [2.75, 3.05) is 20.3 Å². The molecule has 0 radical (unpaired) electrons. The van der Waals surface area contributed by atoms with Crippen LogP contribution in [0.2, 0.25) is 0 Å². The summed E-state index contributed by atoms with van der Waals surface area (Å²) in [5.74, 6) is 0.764. The molecule has 0 fully saturated rings. The number of carbonyl (C=O) groups is 1. The first-order valence-corrected chi connectivity index (χ1v) is 8.15. The number of methoxy groups -OCH3 is 1. The van der Waals surface area contributed by atoms with Gasteiger partial charge in [0, 0.05) is 18.6 Å². The first-order valence-electron chi connectivity index (χ1n) is 8.15. The van der Waals surface area contributed by atoms with Gasteiger partial charge in [0.05, 0.1) is 7.11 Å². The molecule has 2 aromatic rings. The molecule has 2 aromatic carbocycles. The van der Waals surface area contributed by atoms with Crippen molar-refractivity contribution in [3.8, 4) is 23.0 Å². The average Bonchev–Trinajstić information content (AvgIpc) is 2.64. The van der Waals surface area contributed by atoms with Crippen LogP contribution < -0.4 is 18.9 Å². The lowest BCUT2D eigenvalue weighted by Gasteiger charge is -2.26. The highest BCUT2D eigenvalue weighted by Gasteiger charge is 2.22. The van der Waals surface area contributed by atoms with E-state index in [1.54, 1.807) is 31.4 Å². The van der Waals surface area contributed by atoms with E-state index in [2.05, 4.69) is 0 Å². The van der Waals surface area contributed by atoms with Crippen molar-refractivity contribution < 1.29 is 33.2 Å². The van der Waals surface area contributed by atoms with Gasteiger partial charge in [-0.05, 0) is 30.2 Å². The van der Waals surface area contributed by atoms with E-state index in [0.717, 1.165) is 0 Å². The molecule has 1 atom stereocenters. The van der Waals surface area contributed by atoms with E-state index in [0.29, 0.717) is 35.2 Å². The summed E-state index contributed by atoms with van der Waals surface area (Å²) in [6, 6.07) is 9.69. The van der Waals surface area contributed by atoms with Crippen LogP contribution in [0.1, 0.15) is 12.0 Å². The monoisotopic (exact) mass is 362 g/mol. The summed E-state index contributed by atoms with van der Waals surface area (Å²) in [5.41, 5.74) is 0.345. The van der Waals surface area contributed by atoms with Crippen LogP contribution in [0, 0.1) is 5.82 Å². The number of hydrogen-bond donors (Lipinski definition) is 1. The van der Waals surface area contributed by atoms with E-state index in [-0.39, 0.29) is 25.6 Å². The van der Waals surface area contributed by atoms with Gasteiger partial charge in [0.25, 0.3) is 0 Å². The van der Waals surface area contributed by atoms with Gasteiger partial charge in [-0.3, -0.25) is 4.79 Å². The van der Waals surface area contributed by atoms with Crippen molar-refractivity contribution in [2.45, 2.75) is 18.9 Å². The number of fused-ring (bicyclic) bond motifs is 1. The highest BCUT2D eigenvalue weighted by Crippen LogP contribution is 2.35. The molecule has 1 unspecified atom stereocenters. The molecule has 3 rings (SSSR count). The number of ether oxygens (including phenoxy) is 4. The standard InChI is InChI=1S/C19H19FO6/c1-23-13-5-6-17-18(9-13)26-15(11-25-17)10-24-14-4-2-12(16(20)8-14)3-7-19(21)22/h2,4-6,8-9,15H,3,7,10-11H2,1H3,(H,21,22). The van der Waals surface area contributed by atoms with Gasteiger partial charge in [-0.2, -0.15) is 0 Å². The van der Waals surface area contributed by atoms with E-state index in [1.807, 2.05) is 0 Å². The largest absolute Gasteiger partial charge is 0.497 e. The zero-order valence-electron chi connectivity index (χ0n) is 14.2. The van der Waals surface area contributed by atoms with Crippen LogP contribution in [0.5, 0.6) is 23.0 Å². The number of aryl methyl sites for hydroxylation is 1. The Bertz CT molecular complexity index is 792. The first kappa shape index (κ1) is 17.8. The molecule has 1 aliphatic heterocycles. The minimum Gasteiger partial charge on any atom is -0.497 e. The van der Waals surface area contributed by atoms with E-state index in [1.165, 1.54) is 12.1 Å². The van der Waals surface area contributed by atoms with Crippen LogP contribution in [-0.4, -0.2) is 37.5 Å². The molecule has 7 heteroatoms. The van der Waals surface area contributed by atoms with Gasteiger partial charge in [0.1, 0.15) is 30.5 Å². The second-order valence-corrected chi connectivity index (χ2v) is 5.82. The van der Waals surface area contributed by atoms with Crippen LogP contribution in [0.4, 0.5) is 4.39 Å². The predicted molar refractivity (Wildman–Crippen MR) is 90.8 cm³/mol. The summed E-state index contributed by atoms with van der Waals surface area (Å²) in [4.78, 5) is 10.6. The number of benzene rings is 2. The number of hydrogen-bond acceptors (Lipinski definition) is 5. The van der Waals surface area contributed by atoms with Crippen LogP contribution in [0.15, 0.2) is 36.4 Å². The van der Waals surface area contributed by atoms with E-state index < -0.39 is 11.8 Å². The topological polar surface area (TPSA) is 74.2 Å². The number of aliphatic carboxylic acids is 1. The smallest absolute Gasteiger partial charge is 0.303 e. The molecule has 1 N–H and O–H groups in total. The van der Waals surface area contributed by atoms with Gasteiger partial charge >= 0.3 is 5.97 Å². The number of carboxylic acid groups (broad SMARTS) is 1. The summed E-state index contributed by atoms with van der Waals surface area (Å²) in [6.07, 6.45) is -0.322. The van der Waals surface area contributed by atoms with Crippen LogP contribution in [-0.2, 0) is 11.2 Å². The predicted octanol–water partition coefficient (Wildman–Crippen LogP) is 3.07. The molecule has 0 aliphatic carbocycles. The Kier molecular flexibility index (Phi) is 5.46. The van der Waals surface area contributed by atoms with Crippen molar-refractivity contribution in [1.82, 2.24) is 0 Å². The Hall–Kier alpha value is -2.96. The van der Waals surface area contributed by atoms with Crippen molar-refractivity contribution in [3.05, 3.63) is 47.8 Å². The van der Waals surface area contributed by atoms with Crippen LogP contribution >= 0.6 is 0 Å². The molecule has 0 aromatic heterocycles. The highest BCUT2D eigenvalue weighted by molar-refractivity contribution is 5.67. The van der Waals surface area contributed by atoms with Crippen LogP contribution in [0.25, 0.3) is 0 Å². The number of halogens is 1. The molecule has 0 bridgehead atoms. The fourth-order valence-electron chi connectivity index (χ4n) is 2.56. The van der Waals surface area contributed by atoms with Crippen molar-refractivity contribution in [2.24, 2.45) is 0 Å². The average molecular weight is 362 g/mol. The van der Waals surface area contributed by atoms with Gasteiger partial charge in [0.2, 0.25) is 0 Å². The van der Waals surface area contributed by atoms with Gasteiger partial charge < -0.3 is 24.1 Å². The Morgan fingerprint density at radius 1 is 1.23 bits per heavy atom. The maximum atomic E-state index is 14.0. The van der Waals surface area contributed by atoms with Gasteiger partial charge in [-0.25, -0.2) is 4.39 Å². The number of carboxylic acids is 1. The maximum absolute atomic E-state index is 14.0. The van der Waals surface area contributed by atoms with Crippen molar-refractivity contribution >= 4 is 5.97 Å². The molecule has 0 amide bonds. The van der Waals surface area contributed by atoms with E-state index >= 15 is 0 Å². The molecule has 1 aliphatic rings. The van der Waals surface area contributed by atoms with Gasteiger partial charge in [-0.15, -0.1) is 0 Å². The Balaban J connectivity index is 1.57. The van der Waals surface area contributed by atoms with Gasteiger partial charge in [0.15, 0.2) is 17.6 Å². The molecular weight excluding hydrogens is 343 g/mol. The van der Waals surface area contributed by atoms with Crippen molar-refractivity contribution in [3.63, 3.8) is 0 Å². The molecule has 26 heavy (non-hydrogen) atoms. The fraction of sp³-hybridized carbons (Fsp3) is 0.316. The van der Waals surface area contributed by atoms with Gasteiger partial charge in [-0.1, -0.05) is 6.07 Å². The lowest BCUT2D eigenvalue weighted by Crippen LogP contribution is -2.34. The Labute approximate surface area is 150 Å². The first-order chi connectivity index (χ1) is 12.5. The molecule has 1 heterocycles. The summed E-state index contributed by atoms with van der Waals surface area (Å²) in [6.45, 7) is 0.503. The molecule has 0 spiro atoms. The number of rotatable bonds is 7. The normalized spacial score (nSPS) is 15.4. The molecule has 0 saturated heterocycles. The summed E-state index contributed by atoms with van der Waals surface area (Å²) < 4.78 is 36.2. The molecule has 138 valence electrons. The summed E-state index contributed by atoms with van der Waals surface area (Å²) in [5, 5.41) is 8.67. The summed E-state index contributed by atoms with van der Waals surface area (Å²) in [7, 11) is 1.57. The fourth-order valence-corrected chi connectivity index (χ4v) is 2.56. The molecule has 0 saturated carbocycles. The zero-order chi connectivity index (χ0) is 18.5. The summed E-state index contributed by atoms with van der Waals surface area (Å²) >= 11 is 0. The Morgan fingerprint density at radius 2 is 2.04 bits per heavy atom. The SMILES string of the molecule is COc1ccc2c(c1)OC(COc1ccc(CCC(=O)O)c(F)c1)CO2. The lowest BCUT2D eigenvalue weighted by molar-refractivity contribution is -0.136. The Morgan fingerprint density at radius 3 is 2.77 bits per heavy atom. The zero-order valence-corrected chi connectivity index (χ0v) is 14.2. The highest BCUT2D eigenvalue weighted by atomic mass is 19.1.